The predicted octanol–water partition coefficient (Wildman–Crippen LogP) is -0.457. The summed E-state index contributed by atoms with van der Waals surface area (Å²) < 4.78 is 4.86. The first-order valence-electron chi connectivity index (χ1n) is 5.76. The van der Waals surface area contributed by atoms with E-state index >= 15 is 0 Å². The third kappa shape index (κ3) is 3.72. The van der Waals surface area contributed by atoms with Crippen molar-refractivity contribution in [2.24, 2.45) is 0 Å². The minimum Gasteiger partial charge on any atom is -0.467 e. The first-order chi connectivity index (χ1) is 8.67. The number of amides is 1. The van der Waals surface area contributed by atoms with Crippen LogP contribution in [0.2, 0.25) is 0 Å². The molecule has 0 atom stereocenters. The maximum Gasteiger partial charge on any atom is 0.322 e. The monoisotopic (exact) mass is 252 g/mol. The molecule has 0 saturated heterocycles. The molecule has 0 aromatic carbocycles. The van der Waals surface area contributed by atoms with Crippen molar-refractivity contribution in [3.63, 3.8) is 0 Å². The van der Waals surface area contributed by atoms with E-state index in [4.69, 9.17) is 10.5 Å². The molecule has 18 heavy (non-hydrogen) atoms. The van der Waals surface area contributed by atoms with E-state index in [2.05, 4.69) is 25.6 Å². The van der Waals surface area contributed by atoms with Gasteiger partial charge in [0.2, 0.25) is 17.8 Å². The molecule has 1 saturated carbocycles. The summed E-state index contributed by atoms with van der Waals surface area (Å²) in [4.78, 5) is 23.0. The lowest BCUT2D eigenvalue weighted by Gasteiger charge is -2.06. The number of nitrogens with one attached hydrogen (secondary N) is 2. The highest BCUT2D eigenvalue weighted by atomic mass is 16.5. The number of carbonyl (C=O) groups excluding carboxylic acids is 1. The number of aromatic nitrogens is 3. The second-order valence-corrected chi connectivity index (χ2v) is 4.02. The first kappa shape index (κ1) is 12.3. The van der Waals surface area contributed by atoms with E-state index in [1.54, 1.807) is 0 Å². The third-order valence-corrected chi connectivity index (χ3v) is 2.39. The van der Waals surface area contributed by atoms with E-state index in [0.29, 0.717) is 25.0 Å². The highest BCUT2D eigenvalue weighted by Gasteiger charge is 2.22. The van der Waals surface area contributed by atoms with Gasteiger partial charge in [-0.2, -0.15) is 15.0 Å². The fourth-order valence-electron chi connectivity index (χ4n) is 1.36. The Balaban J connectivity index is 1.78. The molecule has 98 valence electrons. The minimum atomic E-state index is 0.0268. The molecule has 1 amide bonds. The summed E-state index contributed by atoms with van der Waals surface area (Å²) in [6.07, 6.45) is 2.53. The van der Waals surface area contributed by atoms with Crippen LogP contribution in [0.4, 0.5) is 11.9 Å². The van der Waals surface area contributed by atoms with Crippen molar-refractivity contribution in [1.82, 2.24) is 20.3 Å². The van der Waals surface area contributed by atoms with Crippen molar-refractivity contribution < 1.29 is 9.53 Å². The highest BCUT2D eigenvalue weighted by molar-refractivity contribution is 5.77. The smallest absolute Gasteiger partial charge is 0.322 e. The summed E-state index contributed by atoms with van der Waals surface area (Å²) in [6.45, 7) is 0.436. The lowest BCUT2D eigenvalue weighted by atomic mass is 10.4. The maximum atomic E-state index is 11.4. The number of nitrogens with zero attached hydrogens (tertiary/aromatic N) is 3. The Bertz CT molecular complexity index is 434. The topological polar surface area (TPSA) is 115 Å². The Labute approximate surface area is 104 Å². The zero-order valence-corrected chi connectivity index (χ0v) is 10.1. The van der Waals surface area contributed by atoms with Gasteiger partial charge in [0.1, 0.15) is 0 Å². The number of nitrogen functional groups attached to an aromatic ring is 1. The van der Waals surface area contributed by atoms with Gasteiger partial charge >= 0.3 is 6.01 Å². The zero-order valence-electron chi connectivity index (χ0n) is 10.1. The molecule has 8 heteroatoms. The van der Waals surface area contributed by atoms with Crippen LogP contribution in [-0.4, -0.2) is 40.6 Å². The second-order valence-electron chi connectivity index (χ2n) is 4.02. The third-order valence-electron chi connectivity index (χ3n) is 2.39. The molecule has 1 heterocycles. The predicted molar refractivity (Wildman–Crippen MR) is 65.1 cm³/mol. The van der Waals surface area contributed by atoms with E-state index in [1.807, 2.05) is 0 Å². The van der Waals surface area contributed by atoms with Crippen LogP contribution in [0.25, 0.3) is 0 Å². The summed E-state index contributed by atoms with van der Waals surface area (Å²) >= 11 is 0. The van der Waals surface area contributed by atoms with Crippen LogP contribution in [0, 0.1) is 0 Å². The average Bonchev–Trinajstić information content (AvgIpc) is 3.12. The number of methoxy groups -OCH3 is 1. The molecule has 8 nitrogen and oxygen atoms in total. The number of anilines is 2. The quantitative estimate of drug-likeness (QED) is 0.627. The van der Waals surface area contributed by atoms with Crippen LogP contribution in [-0.2, 0) is 4.79 Å². The Morgan fingerprint density at radius 3 is 2.89 bits per heavy atom. The number of nitrogens with two attached hydrogens (primary N) is 1. The Morgan fingerprint density at radius 1 is 1.44 bits per heavy atom. The van der Waals surface area contributed by atoms with Crippen LogP contribution in [0.15, 0.2) is 0 Å². The number of carbonyl (C=O) groups is 1. The first-order valence-corrected chi connectivity index (χ1v) is 5.76. The lowest BCUT2D eigenvalue weighted by molar-refractivity contribution is -0.120. The van der Waals surface area contributed by atoms with Gasteiger partial charge in [-0.15, -0.1) is 0 Å². The van der Waals surface area contributed by atoms with Crippen molar-refractivity contribution in [3.8, 4) is 6.01 Å². The summed E-state index contributed by atoms with van der Waals surface area (Å²) in [5.41, 5.74) is 5.48. The molecule has 2 rings (SSSR count). The van der Waals surface area contributed by atoms with Crippen molar-refractivity contribution in [1.29, 1.82) is 0 Å². The Kier molecular flexibility index (Phi) is 3.75. The van der Waals surface area contributed by atoms with Gasteiger partial charge in [0.15, 0.2) is 0 Å². The minimum absolute atomic E-state index is 0.0268. The number of hydrogen-bond donors (Lipinski definition) is 3. The molecular formula is C10H16N6O2. The lowest BCUT2D eigenvalue weighted by Crippen LogP contribution is -2.27. The van der Waals surface area contributed by atoms with Crippen molar-refractivity contribution >= 4 is 17.8 Å². The van der Waals surface area contributed by atoms with Crippen LogP contribution in [0.1, 0.15) is 19.3 Å². The molecular weight excluding hydrogens is 236 g/mol. The van der Waals surface area contributed by atoms with E-state index in [0.717, 1.165) is 12.8 Å². The molecule has 0 aliphatic heterocycles. The zero-order chi connectivity index (χ0) is 13.0. The molecule has 1 aromatic heterocycles. The molecule has 4 N–H and O–H groups in total. The van der Waals surface area contributed by atoms with Crippen LogP contribution < -0.4 is 21.1 Å². The van der Waals surface area contributed by atoms with Gasteiger partial charge in [0.25, 0.3) is 0 Å². The number of hydrogen-bond acceptors (Lipinski definition) is 7. The van der Waals surface area contributed by atoms with Crippen LogP contribution >= 0.6 is 0 Å². The molecule has 1 aliphatic carbocycles. The summed E-state index contributed by atoms with van der Waals surface area (Å²) in [5, 5.41) is 5.79. The van der Waals surface area contributed by atoms with E-state index < -0.39 is 0 Å². The van der Waals surface area contributed by atoms with Crippen LogP contribution in [0.3, 0.4) is 0 Å². The Morgan fingerprint density at radius 2 is 2.22 bits per heavy atom. The molecule has 1 fully saturated rings. The molecule has 0 unspecified atom stereocenters. The van der Waals surface area contributed by atoms with Gasteiger partial charge in [-0.25, -0.2) is 0 Å². The molecule has 0 bridgehead atoms. The van der Waals surface area contributed by atoms with E-state index in [-0.39, 0.29) is 17.9 Å². The van der Waals surface area contributed by atoms with E-state index in [1.165, 1.54) is 7.11 Å². The highest BCUT2D eigenvalue weighted by Crippen LogP contribution is 2.18. The van der Waals surface area contributed by atoms with Crippen LogP contribution in [0.5, 0.6) is 6.01 Å². The average molecular weight is 252 g/mol. The fourth-order valence-corrected chi connectivity index (χ4v) is 1.36. The van der Waals surface area contributed by atoms with Gasteiger partial charge in [-0.1, -0.05) is 0 Å². The van der Waals surface area contributed by atoms with Crippen molar-refractivity contribution in [2.45, 2.75) is 25.3 Å². The van der Waals surface area contributed by atoms with Gasteiger partial charge in [-0.05, 0) is 12.8 Å². The van der Waals surface area contributed by atoms with Gasteiger partial charge in [0.05, 0.1) is 7.11 Å². The standard InChI is InChI=1S/C10H16N6O2/c1-18-10-15-8(11)14-9(16-10)12-5-4-7(17)13-6-2-3-6/h6H,2-5H2,1H3,(H,13,17)(H3,11,12,14,15,16). The number of rotatable bonds is 6. The largest absolute Gasteiger partial charge is 0.467 e. The SMILES string of the molecule is COc1nc(N)nc(NCCC(=O)NC2CC2)n1. The molecule has 0 spiro atoms. The van der Waals surface area contributed by atoms with Gasteiger partial charge in [0, 0.05) is 19.0 Å². The molecule has 1 aliphatic rings. The summed E-state index contributed by atoms with van der Waals surface area (Å²) in [6, 6.07) is 0.526. The molecule has 0 radical (unpaired) electrons. The summed E-state index contributed by atoms with van der Waals surface area (Å²) in [7, 11) is 1.45. The van der Waals surface area contributed by atoms with Crippen molar-refractivity contribution in [2.75, 3.05) is 24.7 Å². The van der Waals surface area contributed by atoms with Gasteiger partial charge < -0.3 is 21.1 Å². The summed E-state index contributed by atoms with van der Waals surface area (Å²) in [5.74, 6) is 0.407. The normalized spacial score (nSPS) is 14.1. The Hall–Kier alpha value is -2.12. The fraction of sp³-hybridized carbons (Fsp3) is 0.600. The maximum absolute atomic E-state index is 11.4. The van der Waals surface area contributed by atoms with Gasteiger partial charge in [-0.3, -0.25) is 4.79 Å². The second kappa shape index (κ2) is 5.48. The molecule has 1 aromatic rings. The van der Waals surface area contributed by atoms with E-state index in [9.17, 15) is 4.79 Å². The van der Waals surface area contributed by atoms with Crippen molar-refractivity contribution in [3.05, 3.63) is 0 Å². The number of ether oxygens (including phenoxy) is 1.